The quantitative estimate of drug-likeness (QED) is 0.645. The summed E-state index contributed by atoms with van der Waals surface area (Å²) in [6.45, 7) is 5.59. The van der Waals surface area contributed by atoms with Gasteiger partial charge in [-0.25, -0.2) is 8.42 Å². The SMILES string of the molecule is CC(=O)Nc1ccc(S(=O)(=O)N(Cc2ccc(C)cc2)c2ccc(C)cc2)cc1. The molecule has 0 saturated heterocycles. The van der Waals surface area contributed by atoms with Crippen LogP contribution in [0.1, 0.15) is 23.6 Å². The second-order valence-electron chi connectivity index (χ2n) is 7.04. The minimum absolute atomic E-state index is 0.166. The van der Waals surface area contributed by atoms with Crippen molar-refractivity contribution in [3.05, 3.63) is 89.5 Å². The van der Waals surface area contributed by atoms with Crippen LogP contribution in [0.2, 0.25) is 0 Å². The van der Waals surface area contributed by atoms with Gasteiger partial charge in [0.25, 0.3) is 10.0 Å². The third kappa shape index (κ3) is 5.03. The molecule has 0 radical (unpaired) electrons. The van der Waals surface area contributed by atoms with Crippen molar-refractivity contribution in [3.8, 4) is 0 Å². The smallest absolute Gasteiger partial charge is 0.264 e. The Hall–Kier alpha value is -3.12. The number of aryl methyl sites for hydroxylation is 2. The molecule has 3 rings (SSSR count). The van der Waals surface area contributed by atoms with Gasteiger partial charge in [0.1, 0.15) is 0 Å². The molecular weight excluding hydrogens is 384 g/mol. The Morgan fingerprint density at radius 2 is 1.34 bits per heavy atom. The van der Waals surface area contributed by atoms with Gasteiger partial charge < -0.3 is 5.32 Å². The van der Waals surface area contributed by atoms with E-state index >= 15 is 0 Å². The molecule has 0 atom stereocenters. The van der Waals surface area contributed by atoms with Crippen LogP contribution in [0.15, 0.2) is 77.7 Å². The highest BCUT2D eigenvalue weighted by Gasteiger charge is 2.25. The number of carbonyl (C=O) groups is 1. The molecule has 29 heavy (non-hydrogen) atoms. The van der Waals surface area contributed by atoms with E-state index in [0.29, 0.717) is 11.4 Å². The molecule has 0 heterocycles. The van der Waals surface area contributed by atoms with Crippen LogP contribution in [0.5, 0.6) is 0 Å². The van der Waals surface area contributed by atoms with E-state index in [-0.39, 0.29) is 17.3 Å². The van der Waals surface area contributed by atoms with Crippen molar-refractivity contribution in [2.45, 2.75) is 32.2 Å². The Morgan fingerprint density at radius 1 is 0.828 bits per heavy atom. The molecule has 0 aliphatic heterocycles. The zero-order valence-corrected chi connectivity index (χ0v) is 17.5. The molecule has 6 heteroatoms. The molecule has 3 aromatic carbocycles. The van der Waals surface area contributed by atoms with Crippen molar-refractivity contribution in [2.75, 3.05) is 9.62 Å². The zero-order chi connectivity index (χ0) is 21.0. The molecule has 1 amide bonds. The molecular formula is C23H24N2O3S. The summed E-state index contributed by atoms with van der Waals surface area (Å²) in [6.07, 6.45) is 0. The highest BCUT2D eigenvalue weighted by molar-refractivity contribution is 7.92. The Morgan fingerprint density at radius 3 is 1.86 bits per heavy atom. The molecule has 0 spiro atoms. The van der Waals surface area contributed by atoms with Crippen LogP contribution < -0.4 is 9.62 Å². The molecule has 0 aliphatic carbocycles. The second-order valence-corrected chi connectivity index (χ2v) is 8.90. The van der Waals surface area contributed by atoms with Gasteiger partial charge in [-0.1, -0.05) is 47.5 Å². The number of sulfonamides is 1. The number of anilines is 2. The van der Waals surface area contributed by atoms with Gasteiger partial charge in [-0.05, 0) is 55.8 Å². The lowest BCUT2D eigenvalue weighted by Gasteiger charge is -2.25. The summed E-state index contributed by atoms with van der Waals surface area (Å²) in [7, 11) is -3.80. The maximum Gasteiger partial charge on any atom is 0.264 e. The van der Waals surface area contributed by atoms with Gasteiger partial charge in [-0.3, -0.25) is 9.10 Å². The van der Waals surface area contributed by atoms with Crippen molar-refractivity contribution in [1.29, 1.82) is 0 Å². The number of hydrogen-bond donors (Lipinski definition) is 1. The van der Waals surface area contributed by atoms with Crippen LogP contribution in [0.4, 0.5) is 11.4 Å². The van der Waals surface area contributed by atoms with E-state index in [1.807, 2.05) is 62.4 Å². The lowest BCUT2D eigenvalue weighted by molar-refractivity contribution is -0.114. The number of nitrogens with one attached hydrogen (secondary N) is 1. The van der Waals surface area contributed by atoms with Gasteiger partial charge in [-0.15, -0.1) is 0 Å². The molecule has 0 aliphatic rings. The first-order valence-electron chi connectivity index (χ1n) is 9.28. The first-order valence-corrected chi connectivity index (χ1v) is 10.7. The topological polar surface area (TPSA) is 66.5 Å². The van der Waals surface area contributed by atoms with Gasteiger partial charge in [0, 0.05) is 12.6 Å². The van der Waals surface area contributed by atoms with Crippen molar-refractivity contribution in [3.63, 3.8) is 0 Å². The van der Waals surface area contributed by atoms with Crippen molar-refractivity contribution in [1.82, 2.24) is 0 Å². The maximum atomic E-state index is 13.5. The lowest BCUT2D eigenvalue weighted by atomic mass is 10.1. The summed E-state index contributed by atoms with van der Waals surface area (Å²) < 4.78 is 28.3. The van der Waals surface area contributed by atoms with Crippen LogP contribution in [0, 0.1) is 13.8 Å². The summed E-state index contributed by atoms with van der Waals surface area (Å²) in [4.78, 5) is 11.4. The number of benzene rings is 3. The highest BCUT2D eigenvalue weighted by atomic mass is 32.2. The van der Waals surface area contributed by atoms with Crippen LogP contribution in [0.3, 0.4) is 0 Å². The van der Waals surface area contributed by atoms with Crippen molar-refractivity contribution in [2.24, 2.45) is 0 Å². The average molecular weight is 409 g/mol. The van der Waals surface area contributed by atoms with E-state index in [4.69, 9.17) is 0 Å². The van der Waals surface area contributed by atoms with Gasteiger partial charge in [0.05, 0.1) is 17.1 Å². The van der Waals surface area contributed by atoms with Crippen molar-refractivity contribution < 1.29 is 13.2 Å². The zero-order valence-electron chi connectivity index (χ0n) is 16.7. The van der Waals surface area contributed by atoms with E-state index in [0.717, 1.165) is 16.7 Å². The van der Waals surface area contributed by atoms with Gasteiger partial charge >= 0.3 is 0 Å². The molecule has 5 nitrogen and oxygen atoms in total. The summed E-state index contributed by atoms with van der Waals surface area (Å²) >= 11 is 0. The Balaban J connectivity index is 2.00. The Bertz CT molecular complexity index is 1090. The first kappa shape index (κ1) is 20.6. The number of nitrogens with zero attached hydrogens (tertiary/aromatic N) is 1. The average Bonchev–Trinajstić information content (AvgIpc) is 2.68. The van der Waals surface area contributed by atoms with Gasteiger partial charge in [-0.2, -0.15) is 0 Å². The first-order chi connectivity index (χ1) is 13.8. The monoisotopic (exact) mass is 408 g/mol. The van der Waals surface area contributed by atoms with E-state index in [1.165, 1.54) is 23.4 Å². The normalized spacial score (nSPS) is 11.1. The third-order valence-electron chi connectivity index (χ3n) is 4.53. The van der Waals surface area contributed by atoms with Crippen LogP contribution in [-0.4, -0.2) is 14.3 Å². The predicted octanol–water partition coefficient (Wildman–Crippen LogP) is 4.66. The molecule has 0 saturated carbocycles. The molecule has 1 N–H and O–H groups in total. The number of amides is 1. The summed E-state index contributed by atoms with van der Waals surface area (Å²) in [6, 6.07) is 21.4. The van der Waals surface area contributed by atoms with E-state index in [9.17, 15) is 13.2 Å². The molecule has 0 bridgehead atoms. The third-order valence-corrected chi connectivity index (χ3v) is 6.32. The Kier molecular flexibility index (Phi) is 6.03. The van der Waals surface area contributed by atoms with Gasteiger partial charge in [0.2, 0.25) is 5.91 Å². The predicted molar refractivity (Wildman–Crippen MR) is 116 cm³/mol. The van der Waals surface area contributed by atoms with Crippen LogP contribution in [-0.2, 0) is 21.4 Å². The van der Waals surface area contributed by atoms with E-state index in [2.05, 4.69) is 5.32 Å². The molecule has 0 fully saturated rings. The number of rotatable bonds is 6. The molecule has 3 aromatic rings. The fourth-order valence-corrected chi connectivity index (χ4v) is 4.38. The van der Waals surface area contributed by atoms with Crippen LogP contribution in [0.25, 0.3) is 0 Å². The largest absolute Gasteiger partial charge is 0.326 e. The fraction of sp³-hybridized carbons (Fsp3) is 0.174. The molecule has 150 valence electrons. The fourth-order valence-electron chi connectivity index (χ4n) is 2.93. The lowest BCUT2D eigenvalue weighted by Crippen LogP contribution is -2.30. The van der Waals surface area contributed by atoms with Crippen LogP contribution >= 0.6 is 0 Å². The minimum atomic E-state index is -3.80. The standard InChI is InChI=1S/C23H24N2O3S/c1-17-4-8-20(9-5-17)16-25(22-12-6-18(2)7-13-22)29(27,28)23-14-10-21(11-15-23)24-19(3)26/h4-15H,16H2,1-3H3,(H,24,26). The minimum Gasteiger partial charge on any atom is -0.326 e. The van der Waals surface area contributed by atoms with E-state index < -0.39 is 10.0 Å². The number of hydrogen-bond acceptors (Lipinski definition) is 3. The van der Waals surface area contributed by atoms with E-state index in [1.54, 1.807) is 12.1 Å². The highest BCUT2D eigenvalue weighted by Crippen LogP contribution is 2.27. The maximum absolute atomic E-state index is 13.5. The van der Waals surface area contributed by atoms with Crippen molar-refractivity contribution >= 4 is 27.3 Å². The Labute approximate surface area is 172 Å². The summed E-state index contributed by atoms with van der Waals surface area (Å²) in [5.41, 5.74) is 4.22. The molecule has 0 unspecified atom stereocenters. The summed E-state index contributed by atoms with van der Waals surface area (Å²) in [5, 5.41) is 2.65. The second kappa shape index (κ2) is 8.49. The van der Waals surface area contributed by atoms with Gasteiger partial charge in [0.15, 0.2) is 0 Å². The number of carbonyl (C=O) groups excluding carboxylic acids is 1. The molecule has 0 aromatic heterocycles. The summed E-state index contributed by atoms with van der Waals surface area (Å²) in [5.74, 6) is -0.207.